The van der Waals surface area contributed by atoms with Gasteiger partial charge in [-0.05, 0) is 54.3 Å². The van der Waals surface area contributed by atoms with Crippen molar-refractivity contribution in [2.24, 2.45) is 5.92 Å². The topological polar surface area (TPSA) is 69.6 Å². The van der Waals surface area contributed by atoms with Crippen LogP contribution in [0.25, 0.3) is 0 Å². The van der Waals surface area contributed by atoms with E-state index in [-0.39, 0.29) is 17.4 Å². The first-order chi connectivity index (χ1) is 13.2. The van der Waals surface area contributed by atoms with Crippen LogP contribution in [-0.4, -0.2) is 30.1 Å². The average molecular weight is 392 g/mol. The van der Waals surface area contributed by atoms with E-state index < -0.39 is 17.7 Å². The maximum absolute atomic E-state index is 12.9. The van der Waals surface area contributed by atoms with Crippen molar-refractivity contribution in [2.45, 2.75) is 19.5 Å². The molecule has 148 valence electrons. The van der Waals surface area contributed by atoms with Crippen LogP contribution in [0.3, 0.4) is 0 Å². The highest BCUT2D eigenvalue weighted by Crippen LogP contribution is 2.38. The van der Waals surface area contributed by atoms with Crippen LogP contribution < -0.4 is 10.2 Å². The number of aromatic carboxylic acids is 1. The average Bonchev–Trinajstić information content (AvgIpc) is 2.64. The van der Waals surface area contributed by atoms with Gasteiger partial charge >= 0.3 is 12.1 Å². The third-order valence-corrected chi connectivity index (χ3v) is 4.75. The van der Waals surface area contributed by atoms with E-state index in [1.165, 1.54) is 25.1 Å². The number of fused-ring (bicyclic) bond motifs is 1. The predicted octanol–water partition coefficient (Wildman–Crippen LogP) is 3.85. The van der Waals surface area contributed by atoms with Crippen LogP contribution >= 0.6 is 0 Å². The van der Waals surface area contributed by atoms with Crippen molar-refractivity contribution in [3.8, 4) is 0 Å². The Kier molecular flexibility index (Phi) is 5.31. The molecule has 1 heterocycles. The first-order valence-electron chi connectivity index (χ1n) is 8.71. The molecule has 0 aromatic heterocycles. The number of nitrogens with zero attached hydrogens (tertiary/aromatic N) is 1. The van der Waals surface area contributed by atoms with Crippen LogP contribution in [0.5, 0.6) is 0 Å². The minimum atomic E-state index is -4.43. The van der Waals surface area contributed by atoms with E-state index in [1.807, 2.05) is 0 Å². The quantitative estimate of drug-likeness (QED) is 0.829. The number of alkyl halides is 3. The summed E-state index contributed by atoms with van der Waals surface area (Å²) in [5, 5.41) is 12.2. The summed E-state index contributed by atoms with van der Waals surface area (Å²) >= 11 is 0. The van der Waals surface area contributed by atoms with Crippen molar-refractivity contribution < 1.29 is 27.9 Å². The van der Waals surface area contributed by atoms with Gasteiger partial charge in [0, 0.05) is 31.4 Å². The number of carboxylic acids is 1. The number of halogens is 3. The van der Waals surface area contributed by atoms with Crippen LogP contribution in [0.2, 0.25) is 0 Å². The van der Waals surface area contributed by atoms with Crippen molar-refractivity contribution >= 4 is 23.3 Å². The molecule has 1 aliphatic rings. The minimum absolute atomic E-state index is 0.0841. The lowest BCUT2D eigenvalue weighted by Gasteiger charge is -2.37. The van der Waals surface area contributed by atoms with Gasteiger partial charge in [0.1, 0.15) is 0 Å². The maximum Gasteiger partial charge on any atom is 0.416 e. The van der Waals surface area contributed by atoms with E-state index in [9.17, 15) is 27.9 Å². The monoisotopic (exact) mass is 392 g/mol. The predicted molar refractivity (Wildman–Crippen MR) is 97.7 cm³/mol. The number of hydrogen-bond acceptors (Lipinski definition) is 3. The molecule has 0 saturated carbocycles. The molecule has 0 bridgehead atoms. The highest BCUT2D eigenvalue weighted by atomic mass is 19.4. The second-order valence-corrected chi connectivity index (χ2v) is 6.77. The van der Waals surface area contributed by atoms with E-state index in [0.29, 0.717) is 36.4 Å². The van der Waals surface area contributed by atoms with Gasteiger partial charge in [-0.15, -0.1) is 0 Å². The minimum Gasteiger partial charge on any atom is -0.478 e. The Morgan fingerprint density at radius 2 is 1.86 bits per heavy atom. The Bertz CT molecular complexity index is 895. The molecule has 0 spiro atoms. The zero-order valence-corrected chi connectivity index (χ0v) is 15.1. The lowest BCUT2D eigenvalue weighted by atomic mass is 9.88. The highest BCUT2D eigenvalue weighted by Gasteiger charge is 2.32. The molecule has 2 N–H and O–H groups in total. The van der Waals surface area contributed by atoms with Crippen LogP contribution in [0, 0.1) is 5.92 Å². The number of rotatable bonds is 4. The Balaban J connectivity index is 2.01. The zero-order chi connectivity index (χ0) is 20.5. The lowest BCUT2D eigenvalue weighted by Crippen LogP contribution is -2.39. The molecule has 0 saturated heterocycles. The van der Waals surface area contributed by atoms with Crippen molar-refractivity contribution in [1.82, 2.24) is 5.32 Å². The van der Waals surface area contributed by atoms with E-state index in [2.05, 4.69) is 5.32 Å². The Labute approximate surface area is 159 Å². The Morgan fingerprint density at radius 1 is 1.18 bits per heavy atom. The smallest absolute Gasteiger partial charge is 0.416 e. The van der Waals surface area contributed by atoms with Gasteiger partial charge in [0.25, 0.3) is 0 Å². The van der Waals surface area contributed by atoms with Gasteiger partial charge < -0.3 is 15.3 Å². The molecule has 0 aliphatic carbocycles. The molecule has 0 fully saturated rings. The molecule has 2 aromatic carbocycles. The first kappa shape index (κ1) is 19.7. The van der Waals surface area contributed by atoms with E-state index in [4.69, 9.17) is 0 Å². The summed E-state index contributed by atoms with van der Waals surface area (Å²) in [5.41, 5.74) is 1.20. The molecule has 28 heavy (non-hydrogen) atoms. The lowest BCUT2D eigenvalue weighted by molar-refractivity contribution is -0.137. The first-order valence-corrected chi connectivity index (χ1v) is 8.71. The normalized spacial score (nSPS) is 16.4. The standard InChI is InChI=1S/C20H19F3N2O3/c1-12(26)24-10-13-9-17-16(19(27)28)3-2-4-18(17)25(11-13)15-7-5-14(6-8-15)20(21,22)23/h2-8,13H,9-11H2,1H3,(H,24,26)(H,27,28). The van der Waals surface area contributed by atoms with Crippen molar-refractivity contribution in [1.29, 1.82) is 0 Å². The number of anilines is 2. The van der Waals surface area contributed by atoms with Gasteiger partial charge in [0.2, 0.25) is 5.91 Å². The molecular weight excluding hydrogens is 373 g/mol. The number of hydrogen-bond donors (Lipinski definition) is 2. The fourth-order valence-electron chi connectivity index (χ4n) is 3.45. The molecule has 0 radical (unpaired) electrons. The third kappa shape index (κ3) is 4.11. The number of carbonyl (C=O) groups is 2. The molecule has 1 amide bonds. The maximum atomic E-state index is 12.9. The van der Waals surface area contributed by atoms with Crippen LogP contribution in [-0.2, 0) is 17.4 Å². The summed E-state index contributed by atoms with van der Waals surface area (Å²) in [6.45, 7) is 2.19. The SMILES string of the molecule is CC(=O)NCC1Cc2c(C(=O)O)cccc2N(c2ccc(C(F)(F)F)cc2)C1. The van der Waals surface area contributed by atoms with E-state index >= 15 is 0 Å². The summed E-state index contributed by atoms with van der Waals surface area (Å²) in [7, 11) is 0. The summed E-state index contributed by atoms with van der Waals surface area (Å²) < 4.78 is 38.6. The van der Waals surface area contributed by atoms with Gasteiger partial charge in [-0.1, -0.05) is 6.07 Å². The Morgan fingerprint density at radius 3 is 2.43 bits per heavy atom. The van der Waals surface area contributed by atoms with Crippen molar-refractivity contribution in [2.75, 3.05) is 18.0 Å². The van der Waals surface area contributed by atoms with E-state index in [1.54, 1.807) is 17.0 Å². The fourth-order valence-corrected chi connectivity index (χ4v) is 3.45. The van der Waals surface area contributed by atoms with Crippen LogP contribution in [0.1, 0.15) is 28.4 Å². The van der Waals surface area contributed by atoms with Gasteiger partial charge in [-0.25, -0.2) is 4.79 Å². The Hall–Kier alpha value is -3.03. The molecule has 1 unspecified atom stereocenters. The summed E-state index contributed by atoms with van der Waals surface area (Å²) in [6, 6.07) is 9.65. The molecular formula is C20H19F3N2O3. The van der Waals surface area contributed by atoms with Gasteiger partial charge in [-0.3, -0.25) is 4.79 Å². The van der Waals surface area contributed by atoms with Crippen LogP contribution in [0.15, 0.2) is 42.5 Å². The fraction of sp³-hybridized carbons (Fsp3) is 0.300. The number of nitrogens with one attached hydrogen (secondary N) is 1. The summed E-state index contributed by atoms with van der Waals surface area (Å²) in [6.07, 6.45) is -3.97. The molecule has 1 atom stereocenters. The highest BCUT2D eigenvalue weighted by molar-refractivity contribution is 5.92. The molecule has 5 nitrogen and oxygen atoms in total. The largest absolute Gasteiger partial charge is 0.478 e. The molecule has 3 rings (SSSR count). The van der Waals surface area contributed by atoms with Gasteiger partial charge in [-0.2, -0.15) is 13.2 Å². The number of benzene rings is 2. The van der Waals surface area contributed by atoms with Crippen molar-refractivity contribution in [3.63, 3.8) is 0 Å². The number of carbonyl (C=O) groups excluding carboxylic acids is 1. The zero-order valence-electron chi connectivity index (χ0n) is 15.1. The second-order valence-electron chi connectivity index (χ2n) is 6.77. The molecule has 8 heteroatoms. The summed E-state index contributed by atoms with van der Waals surface area (Å²) in [5.74, 6) is -1.35. The van der Waals surface area contributed by atoms with Crippen molar-refractivity contribution in [3.05, 3.63) is 59.2 Å². The summed E-state index contributed by atoms with van der Waals surface area (Å²) in [4.78, 5) is 24.7. The second kappa shape index (κ2) is 7.53. The van der Waals surface area contributed by atoms with Crippen LogP contribution in [0.4, 0.5) is 24.5 Å². The molecule has 1 aliphatic heterocycles. The number of amides is 1. The van der Waals surface area contributed by atoms with E-state index in [0.717, 1.165) is 12.1 Å². The van der Waals surface area contributed by atoms with Gasteiger partial charge in [0.15, 0.2) is 0 Å². The number of carboxylic acid groups (broad SMARTS) is 1. The molecule has 2 aromatic rings. The van der Waals surface area contributed by atoms with Gasteiger partial charge in [0.05, 0.1) is 11.1 Å². The third-order valence-electron chi connectivity index (χ3n) is 4.75.